The SMILES string of the molecule is CN(CC1(N(C)C)CCC1)C(=O)C1Cc2nc[nH]c2CN1. The second-order valence-electron chi connectivity index (χ2n) is 6.63. The summed E-state index contributed by atoms with van der Waals surface area (Å²) in [6.45, 7) is 1.50. The zero-order valence-corrected chi connectivity index (χ0v) is 13.1. The van der Waals surface area contributed by atoms with Gasteiger partial charge in [-0.25, -0.2) is 4.98 Å². The van der Waals surface area contributed by atoms with E-state index in [9.17, 15) is 4.79 Å². The minimum atomic E-state index is -0.148. The van der Waals surface area contributed by atoms with Gasteiger partial charge in [0.2, 0.25) is 5.91 Å². The van der Waals surface area contributed by atoms with Gasteiger partial charge in [-0.1, -0.05) is 0 Å². The van der Waals surface area contributed by atoms with Crippen LogP contribution in [0.5, 0.6) is 0 Å². The number of likely N-dealkylation sites (N-methyl/N-ethyl adjacent to an activating group) is 2. The number of rotatable bonds is 4. The first-order chi connectivity index (χ1) is 10.0. The van der Waals surface area contributed by atoms with Gasteiger partial charge in [0.1, 0.15) is 0 Å². The van der Waals surface area contributed by atoms with Crippen LogP contribution in [0, 0.1) is 0 Å². The Morgan fingerprint density at radius 3 is 2.81 bits per heavy atom. The maximum atomic E-state index is 12.7. The zero-order chi connectivity index (χ0) is 15.0. The molecule has 2 aliphatic rings. The Morgan fingerprint density at radius 2 is 2.19 bits per heavy atom. The van der Waals surface area contributed by atoms with E-state index in [0.717, 1.165) is 17.9 Å². The van der Waals surface area contributed by atoms with Crippen molar-refractivity contribution in [2.75, 3.05) is 27.7 Å². The lowest BCUT2D eigenvalue weighted by atomic mass is 9.75. The van der Waals surface area contributed by atoms with Crippen molar-refractivity contribution in [1.29, 1.82) is 0 Å². The summed E-state index contributed by atoms with van der Waals surface area (Å²) >= 11 is 0. The van der Waals surface area contributed by atoms with Gasteiger partial charge in [0, 0.05) is 32.1 Å². The van der Waals surface area contributed by atoms with Crippen molar-refractivity contribution >= 4 is 5.91 Å². The van der Waals surface area contributed by atoms with Crippen molar-refractivity contribution < 1.29 is 4.79 Å². The van der Waals surface area contributed by atoms with E-state index < -0.39 is 0 Å². The number of aromatic amines is 1. The molecule has 1 aliphatic heterocycles. The monoisotopic (exact) mass is 291 g/mol. The molecule has 1 amide bonds. The average molecular weight is 291 g/mol. The van der Waals surface area contributed by atoms with Crippen LogP contribution < -0.4 is 5.32 Å². The molecule has 21 heavy (non-hydrogen) atoms. The number of nitrogens with zero attached hydrogens (tertiary/aromatic N) is 3. The van der Waals surface area contributed by atoms with Crippen LogP contribution >= 0.6 is 0 Å². The fourth-order valence-electron chi connectivity index (χ4n) is 3.46. The highest BCUT2D eigenvalue weighted by Crippen LogP contribution is 2.36. The van der Waals surface area contributed by atoms with Crippen LogP contribution in [0.1, 0.15) is 30.7 Å². The van der Waals surface area contributed by atoms with Crippen molar-refractivity contribution in [2.24, 2.45) is 0 Å². The summed E-state index contributed by atoms with van der Waals surface area (Å²) in [5, 5.41) is 3.32. The number of hydrogen-bond acceptors (Lipinski definition) is 4. The number of nitrogens with one attached hydrogen (secondary N) is 2. The van der Waals surface area contributed by atoms with Gasteiger partial charge in [-0.05, 0) is 33.4 Å². The number of amides is 1. The number of imidazole rings is 1. The first-order valence-electron chi connectivity index (χ1n) is 7.69. The van der Waals surface area contributed by atoms with Gasteiger partial charge in [0.05, 0.1) is 23.8 Å². The molecule has 2 N–H and O–H groups in total. The van der Waals surface area contributed by atoms with E-state index in [2.05, 4.69) is 34.3 Å². The van der Waals surface area contributed by atoms with Crippen LogP contribution in [-0.4, -0.2) is 64.9 Å². The van der Waals surface area contributed by atoms with Crippen molar-refractivity contribution in [2.45, 2.75) is 43.8 Å². The summed E-state index contributed by atoms with van der Waals surface area (Å²) in [6.07, 6.45) is 6.01. The Hall–Kier alpha value is -1.40. The second-order valence-corrected chi connectivity index (χ2v) is 6.63. The number of aromatic nitrogens is 2. The van der Waals surface area contributed by atoms with Crippen LogP contribution in [0.2, 0.25) is 0 Å². The molecule has 1 atom stereocenters. The summed E-state index contributed by atoms with van der Waals surface area (Å²) in [5.74, 6) is 0.178. The fourth-order valence-corrected chi connectivity index (χ4v) is 3.46. The third-order valence-corrected chi connectivity index (χ3v) is 5.17. The molecule has 3 rings (SSSR count). The van der Waals surface area contributed by atoms with Crippen LogP contribution in [0.4, 0.5) is 0 Å². The van der Waals surface area contributed by atoms with Gasteiger partial charge in [-0.2, -0.15) is 0 Å². The fraction of sp³-hybridized carbons (Fsp3) is 0.733. The molecular weight excluding hydrogens is 266 g/mol. The molecular formula is C15H25N5O. The number of carbonyl (C=O) groups is 1. The number of carbonyl (C=O) groups excluding carboxylic acids is 1. The van der Waals surface area contributed by atoms with Crippen molar-refractivity contribution in [3.8, 4) is 0 Å². The van der Waals surface area contributed by atoms with Crippen molar-refractivity contribution in [3.05, 3.63) is 17.7 Å². The summed E-state index contributed by atoms with van der Waals surface area (Å²) in [6, 6.07) is -0.148. The van der Waals surface area contributed by atoms with Gasteiger partial charge in [-0.15, -0.1) is 0 Å². The van der Waals surface area contributed by atoms with E-state index in [1.807, 2.05) is 11.9 Å². The smallest absolute Gasteiger partial charge is 0.239 e. The van der Waals surface area contributed by atoms with Gasteiger partial charge in [0.15, 0.2) is 0 Å². The van der Waals surface area contributed by atoms with Crippen molar-refractivity contribution in [1.82, 2.24) is 25.1 Å². The standard InChI is InChI=1S/C15H25N5O/c1-19(2)15(5-4-6-15)9-20(3)14(21)12-7-11-13(8-16-12)18-10-17-11/h10,12,16H,4-9H2,1-3H3,(H,17,18). The average Bonchev–Trinajstić information content (AvgIpc) is 2.88. The van der Waals surface area contributed by atoms with E-state index >= 15 is 0 Å². The molecule has 0 bridgehead atoms. The Morgan fingerprint density at radius 1 is 1.43 bits per heavy atom. The lowest BCUT2D eigenvalue weighted by molar-refractivity contribution is -0.135. The summed E-state index contributed by atoms with van der Waals surface area (Å²) in [4.78, 5) is 24.3. The van der Waals surface area contributed by atoms with E-state index in [1.165, 1.54) is 19.3 Å². The molecule has 1 aromatic heterocycles. The quantitative estimate of drug-likeness (QED) is 0.841. The highest BCUT2D eigenvalue weighted by molar-refractivity contribution is 5.82. The second kappa shape index (κ2) is 5.42. The van der Waals surface area contributed by atoms with E-state index in [0.29, 0.717) is 13.0 Å². The first-order valence-corrected chi connectivity index (χ1v) is 7.69. The van der Waals surface area contributed by atoms with Crippen LogP contribution in [0.25, 0.3) is 0 Å². The van der Waals surface area contributed by atoms with Gasteiger partial charge >= 0.3 is 0 Å². The number of hydrogen-bond donors (Lipinski definition) is 2. The Bertz CT molecular complexity index is 520. The Balaban J connectivity index is 1.63. The molecule has 0 spiro atoms. The summed E-state index contributed by atoms with van der Waals surface area (Å²) in [7, 11) is 6.16. The maximum absolute atomic E-state index is 12.7. The zero-order valence-electron chi connectivity index (χ0n) is 13.1. The molecule has 1 aromatic rings. The highest BCUT2D eigenvalue weighted by atomic mass is 16.2. The van der Waals surface area contributed by atoms with Gasteiger partial charge in [-0.3, -0.25) is 10.1 Å². The summed E-state index contributed by atoms with van der Waals surface area (Å²) in [5.41, 5.74) is 2.30. The molecule has 6 nitrogen and oxygen atoms in total. The minimum absolute atomic E-state index is 0.148. The lowest BCUT2D eigenvalue weighted by Gasteiger charge is -2.49. The molecule has 6 heteroatoms. The van der Waals surface area contributed by atoms with E-state index in [4.69, 9.17) is 0 Å². The molecule has 116 valence electrons. The topological polar surface area (TPSA) is 64.3 Å². The maximum Gasteiger partial charge on any atom is 0.239 e. The Kier molecular flexibility index (Phi) is 3.75. The molecule has 0 radical (unpaired) electrons. The normalized spacial score (nSPS) is 23.5. The van der Waals surface area contributed by atoms with Gasteiger partial charge in [0.25, 0.3) is 0 Å². The predicted octanol–water partition coefficient (Wildman–Crippen LogP) is 0.367. The van der Waals surface area contributed by atoms with Gasteiger partial charge < -0.3 is 14.8 Å². The van der Waals surface area contributed by atoms with Crippen LogP contribution in [0.15, 0.2) is 6.33 Å². The van der Waals surface area contributed by atoms with E-state index in [-0.39, 0.29) is 17.5 Å². The minimum Gasteiger partial charge on any atom is -0.347 e. The molecule has 0 aromatic carbocycles. The molecule has 1 saturated carbocycles. The predicted molar refractivity (Wildman–Crippen MR) is 80.8 cm³/mol. The molecule has 1 unspecified atom stereocenters. The van der Waals surface area contributed by atoms with Crippen LogP contribution in [-0.2, 0) is 17.8 Å². The third kappa shape index (κ3) is 2.58. The molecule has 0 saturated heterocycles. The third-order valence-electron chi connectivity index (χ3n) is 5.17. The first kappa shape index (κ1) is 14.5. The number of H-pyrrole nitrogens is 1. The van der Waals surface area contributed by atoms with E-state index in [1.54, 1.807) is 6.33 Å². The molecule has 2 heterocycles. The molecule has 1 aliphatic carbocycles. The molecule has 1 fully saturated rings. The number of fused-ring (bicyclic) bond motifs is 1. The highest BCUT2D eigenvalue weighted by Gasteiger charge is 2.41. The largest absolute Gasteiger partial charge is 0.347 e. The Labute approximate surface area is 125 Å². The summed E-state index contributed by atoms with van der Waals surface area (Å²) < 4.78 is 0. The van der Waals surface area contributed by atoms with Crippen LogP contribution in [0.3, 0.4) is 0 Å². The van der Waals surface area contributed by atoms with Crippen molar-refractivity contribution in [3.63, 3.8) is 0 Å². The lowest BCUT2D eigenvalue weighted by Crippen LogP contribution is -2.59.